The number of carbonyl (C=O) groups is 1. The Bertz CT molecular complexity index is 855. The van der Waals surface area contributed by atoms with E-state index in [1.54, 1.807) is 0 Å². The smallest absolute Gasteiger partial charge is 0.450 e. The SMILES string of the molecule is O=C(O)O.c1ccc(C(OC2CCN(Cc3ccccn3)CC2)c2ccccc2)cc1. The quantitative estimate of drug-likeness (QED) is 0.579. The third-order valence-corrected chi connectivity index (χ3v) is 5.18. The van der Waals surface area contributed by atoms with Crippen molar-refractivity contribution in [1.82, 2.24) is 9.88 Å². The van der Waals surface area contributed by atoms with Crippen LogP contribution in [0.3, 0.4) is 0 Å². The second kappa shape index (κ2) is 11.8. The van der Waals surface area contributed by atoms with Gasteiger partial charge in [-0.15, -0.1) is 0 Å². The molecule has 0 radical (unpaired) electrons. The number of ether oxygens (including phenoxy) is 1. The van der Waals surface area contributed by atoms with Crippen molar-refractivity contribution in [2.45, 2.75) is 31.6 Å². The van der Waals surface area contributed by atoms with Gasteiger partial charge in [0.15, 0.2) is 0 Å². The predicted octanol–water partition coefficient (Wildman–Crippen LogP) is 5.07. The first kappa shape index (κ1) is 22.5. The topological polar surface area (TPSA) is 82.9 Å². The average Bonchev–Trinajstić information content (AvgIpc) is 2.80. The Morgan fingerprint density at radius 2 is 1.42 bits per heavy atom. The Labute approximate surface area is 182 Å². The van der Waals surface area contributed by atoms with Gasteiger partial charge in [0.25, 0.3) is 0 Å². The Hall–Kier alpha value is -3.22. The fourth-order valence-corrected chi connectivity index (χ4v) is 3.72. The molecule has 3 aromatic rings. The summed E-state index contributed by atoms with van der Waals surface area (Å²) >= 11 is 0. The van der Waals surface area contributed by atoms with Crippen LogP contribution in [0.4, 0.5) is 4.79 Å². The van der Waals surface area contributed by atoms with Gasteiger partial charge in [0, 0.05) is 25.8 Å². The molecule has 4 rings (SSSR count). The largest absolute Gasteiger partial charge is 0.503 e. The van der Waals surface area contributed by atoms with Gasteiger partial charge in [-0.3, -0.25) is 9.88 Å². The highest BCUT2D eigenvalue weighted by atomic mass is 16.6. The minimum atomic E-state index is -1.83. The molecule has 0 bridgehead atoms. The monoisotopic (exact) mass is 420 g/mol. The van der Waals surface area contributed by atoms with Crippen LogP contribution >= 0.6 is 0 Å². The molecule has 0 atom stereocenters. The van der Waals surface area contributed by atoms with Crippen LogP contribution in [0, 0.1) is 0 Å². The first-order chi connectivity index (χ1) is 15.1. The molecule has 0 aliphatic carbocycles. The van der Waals surface area contributed by atoms with E-state index in [0.29, 0.717) is 0 Å². The van der Waals surface area contributed by atoms with Gasteiger partial charge in [-0.2, -0.15) is 0 Å². The van der Waals surface area contributed by atoms with Crippen LogP contribution in [0.15, 0.2) is 85.1 Å². The molecule has 1 aliphatic rings. The molecule has 0 unspecified atom stereocenters. The molecule has 1 saturated heterocycles. The number of benzene rings is 2. The fourth-order valence-electron chi connectivity index (χ4n) is 3.72. The van der Waals surface area contributed by atoms with Crippen molar-refractivity contribution in [2.24, 2.45) is 0 Å². The third kappa shape index (κ3) is 7.51. The molecule has 31 heavy (non-hydrogen) atoms. The van der Waals surface area contributed by atoms with Crippen LogP contribution < -0.4 is 0 Å². The zero-order chi connectivity index (χ0) is 21.9. The average molecular weight is 421 g/mol. The van der Waals surface area contributed by atoms with Crippen molar-refractivity contribution < 1.29 is 19.7 Å². The van der Waals surface area contributed by atoms with Crippen LogP contribution in [0.5, 0.6) is 0 Å². The Morgan fingerprint density at radius 1 is 0.903 bits per heavy atom. The number of nitrogens with zero attached hydrogens (tertiary/aromatic N) is 2. The van der Waals surface area contributed by atoms with Gasteiger partial charge in [0.05, 0.1) is 11.8 Å². The highest BCUT2D eigenvalue weighted by Crippen LogP contribution is 2.30. The third-order valence-electron chi connectivity index (χ3n) is 5.18. The summed E-state index contributed by atoms with van der Waals surface area (Å²) in [5.41, 5.74) is 3.59. The summed E-state index contributed by atoms with van der Waals surface area (Å²) in [5.74, 6) is 0. The molecule has 0 saturated carbocycles. The number of pyridine rings is 1. The lowest BCUT2D eigenvalue weighted by molar-refractivity contribution is -0.0283. The van der Waals surface area contributed by atoms with Gasteiger partial charge in [-0.05, 0) is 36.1 Å². The maximum atomic E-state index is 8.56. The summed E-state index contributed by atoms with van der Waals surface area (Å²) in [7, 11) is 0. The molecular formula is C25H28N2O4. The number of likely N-dealkylation sites (tertiary alicyclic amines) is 1. The van der Waals surface area contributed by atoms with E-state index >= 15 is 0 Å². The summed E-state index contributed by atoms with van der Waals surface area (Å²) in [4.78, 5) is 15.5. The van der Waals surface area contributed by atoms with E-state index < -0.39 is 6.16 Å². The lowest BCUT2D eigenvalue weighted by Crippen LogP contribution is -2.37. The maximum Gasteiger partial charge on any atom is 0.503 e. The molecule has 6 heteroatoms. The second-order valence-corrected chi connectivity index (χ2v) is 7.42. The lowest BCUT2D eigenvalue weighted by Gasteiger charge is -2.34. The molecule has 162 valence electrons. The van der Waals surface area contributed by atoms with Crippen molar-refractivity contribution in [3.8, 4) is 0 Å². The van der Waals surface area contributed by atoms with E-state index in [4.69, 9.17) is 19.7 Å². The van der Waals surface area contributed by atoms with Gasteiger partial charge in [-0.1, -0.05) is 66.7 Å². The van der Waals surface area contributed by atoms with Crippen LogP contribution in [-0.2, 0) is 11.3 Å². The molecule has 1 aliphatic heterocycles. The van der Waals surface area contributed by atoms with Crippen LogP contribution in [0.25, 0.3) is 0 Å². The summed E-state index contributed by atoms with van der Waals surface area (Å²) in [5, 5.41) is 13.9. The van der Waals surface area contributed by atoms with Gasteiger partial charge in [-0.25, -0.2) is 4.79 Å². The van der Waals surface area contributed by atoms with Crippen LogP contribution in [0.1, 0.15) is 35.8 Å². The fraction of sp³-hybridized carbons (Fsp3) is 0.280. The minimum Gasteiger partial charge on any atom is -0.450 e. The lowest BCUT2D eigenvalue weighted by atomic mass is 10.00. The van der Waals surface area contributed by atoms with Crippen molar-refractivity contribution in [3.05, 3.63) is 102 Å². The normalized spacial score (nSPS) is 14.6. The first-order valence-electron chi connectivity index (χ1n) is 10.4. The van der Waals surface area contributed by atoms with Crippen LogP contribution in [-0.4, -0.2) is 45.4 Å². The maximum absolute atomic E-state index is 8.56. The zero-order valence-electron chi connectivity index (χ0n) is 17.4. The van der Waals surface area contributed by atoms with Gasteiger partial charge in [0.1, 0.15) is 6.10 Å². The van der Waals surface area contributed by atoms with Gasteiger partial charge < -0.3 is 14.9 Å². The Kier molecular flexibility index (Phi) is 8.58. The van der Waals surface area contributed by atoms with E-state index in [-0.39, 0.29) is 12.2 Å². The van der Waals surface area contributed by atoms with E-state index in [2.05, 4.69) is 82.7 Å². The van der Waals surface area contributed by atoms with Gasteiger partial charge >= 0.3 is 6.16 Å². The Balaban J connectivity index is 0.000000628. The molecule has 2 aromatic carbocycles. The minimum absolute atomic E-state index is 0.000241. The number of hydrogen-bond donors (Lipinski definition) is 2. The number of aromatic nitrogens is 1. The van der Waals surface area contributed by atoms with Crippen molar-refractivity contribution in [3.63, 3.8) is 0 Å². The van der Waals surface area contributed by atoms with Gasteiger partial charge in [0.2, 0.25) is 0 Å². The summed E-state index contributed by atoms with van der Waals surface area (Å²) in [6.45, 7) is 3.03. The number of hydrogen-bond acceptors (Lipinski definition) is 4. The first-order valence-corrected chi connectivity index (χ1v) is 10.4. The van der Waals surface area contributed by atoms with E-state index in [1.807, 2.05) is 12.3 Å². The molecule has 6 nitrogen and oxygen atoms in total. The predicted molar refractivity (Wildman–Crippen MR) is 119 cm³/mol. The Morgan fingerprint density at radius 3 is 1.90 bits per heavy atom. The molecule has 1 aromatic heterocycles. The zero-order valence-corrected chi connectivity index (χ0v) is 17.4. The standard InChI is InChI=1S/C24H26N2O.CH2O3/c1-3-9-20(10-4-1)24(21-11-5-2-6-12-21)27-23-14-17-26(18-15-23)19-22-13-7-8-16-25-22;2-1(3)4/h1-13,16,23-24H,14-15,17-19H2;(H2,2,3,4). The van der Waals surface area contributed by atoms with E-state index in [1.165, 1.54) is 11.1 Å². The summed E-state index contributed by atoms with van der Waals surface area (Å²) in [6.07, 6.45) is 2.44. The van der Waals surface area contributed by atoms with Crippen LogP contribution in [0.2, 0.25) is 0 Å². The van der Waals surface area contributed by atoms with E-state index in [0.717, 1.165) is 38.2 Å². The molecule has 0 spiro atoms. The summed E-state index contributed by atoms with van der Waals surface area (Å²) < 4.78 is 6.62. The number of carboxylic acid groups (broad SMARTS) is 2. The molecule has 1 fully saturated rings. The highest BCUT2D eigenvalue weighted by molar-refractivity contribution is 5.53. The van der Waals surface area contributed by atoms with Crippen molar-refractivity contribution >= 4 is 6.16 Å². The molecule has 2 N–H and O–H groups in total. The second-order valence-electron chi connectivity index (χ2n) is 7.42. The van der Waals surface area contributed by atoms with Crippen molar-refractivity contribution in [2.75, 3.05) is 13.1 Å². The van der Waals surface area contributed by atoms with Crippen molar-refractivity contribution in [1.29, 1.82) is 0 Å². The number of piperidine rings is 1. The van der Waals surface area contributed by atoms with E-state index in [9.17, 15) is 0 Å². The molecule has 0 amide bonds. The highest BCUT2D eigenvalue weighted by Gasteiger charge is 2.24. The molecule has 2 heterocycles. The number of rotatable bonds is 6. The molecular weight excluding hydrogens is 392 g/mol. The summed E-state index contributed by atoms with van der Waals surface area (Å²) in [6, 6.07) is 27.2.